The molecule has 1 aromatic carbocycles. The summed E-state index contributed by atoms with van der Waals surface area (Å²) < 4.78 is 0. The Labute approximate surface area is 101 Å². The second-order valence-electron chi connectivity index (χ2n) is 4.31. The highest BCUT2D eigenvalue weighted by Crippen LogP contribution is 2.34. The van der Waals surface area contributed by atoms with Gasteiger partial charge in [-0.25, -0.2) is 0 Å². The van der Waals surface area contributed by atoms with E-state index < -0.39 is 6.04 Å². The van der Waals surface area contributed by atoms with Crippen LogP contribution in [0.15, 0.2) is 24.3 Å². The van der Waals surface area contributed by atoms with Crippen molar-refractivity contribution in [3.63, 3.8) is 0 Å². The summed E-state index contributed by atoms with van der Waals surface area (Å²) in [7, 11) is 0. The minimum absolute atomic E-state index is 0.0183. The molecular weight excluding hydrogens is 216 g/mol. The molecule has 4 nitrogen and oxygen atoms in total. The number of aliphatic hydroxyl groups excluding tert-OH is 1. The predicted octanol–water partition coefficient (Wildman–Crippen LogP) is 1.20. The summed E-state index contributed by atoms with van der Waals surface area (Å²) in [6.07, 6.45) is 2.61. The molecule has 4 heteroatoms. The third-order valence-corrected chi connectivity index (χ3v) is 3.13. The standard InChI is InChI=1S/C13H18N2O2/c14-12-10-6-2-3-7-11(10)15(13(12)17)8-4-1-5-9-16/h2-3,6-7,12,16H,1,4-5,8-9,14H2. The van der Waals surface area contributed by atoms with Gasteiger partial charge in [-0.3, -0.25) is 4.79 Å². The second kappa shape index (κ2) is 5.29. The minimum atomic E-state index is -0.510. The van der Waals surface area contributed by atoms with Crippen molar-refractivity contribution in [2.24, 2.45) is 5.73 Å². The van der Waals surface area contributed by atoms with E-state index in [2.05, 4.69) is 0 Å². The van der Waals surface area contributed by atoms with E-state index >= 15 is 0 Å². The van der Waals surface area contributed by atoms with E-state index in [0.29, 0.717) is 6.54 Å². The van der Waals surface area contributed by atoms with Crippen LogP contribution >= 0.6 is 0 Å². The Morgan fingerprint density at radius 3 is 2.76 bits per heavy atom. The maximum atomic E-state index is 12.0. The molecular formula is C13H18N2O2. The van der Waals surface area contributed by atoms with Gasteiger partial charge in [-0.15, -0.1) is 0 Å². The first-order valence-corrected chi connectivity index (χ1v) is 6.02. The van der Waals surface area contributed by atoms with E-state index in [0.717, 1.165) is 30.5 Å². The van der Waals surface area contributed by atoms with Gasteiger partial charge in [0.25, 0.3) is 0 Å². The third kappa shape index (κ3) is 2.33. The van der Waals surface area contributed by atoms with Gasteiger partial charge in [0.2, 0.25) is 5.91 Å². The van der Waals surface area contributed by atoms with Crippen molar-refractivity contribution in [3.05, 3.63) is 29.8 Å². The monoisotopic (exact) mass is 234 g/mol. The molecule has 0 saturated heterocycles. The number of anilines is 1. The SMILES string of the molecule is NC1C(=O)N(CCCCCO)c2ccccc21. The molecule has 3 N–H and O–H groups in total. The Bertz CT molecular complexity index is 406. The lowest BCUT2D eigenvalue weighted by Crippen LogP contribution is -2.32. The summed E-state index contributed by atoms with van der Waals surface area (Å²) in [6.45, 7) is 0.896. The van der Waals surface area contributed by atoms with Gasteiger partial charge in [-0.2, -0.15) is 0 Å². The highest BCUT2D eigenvalue weighted by Gasteiger charge is 2.33. The number of para-hydroxylation sites is 1. The van der Waals surface area contributed by atoms with Crippen LogP contribution in [0.1, 0.15) is 30.9 Å². The van der Waals surface area contributed by atoms with E-state index in [1.807, 2.05) is 24.3 Å². The Balaban J connectivity index is 2.05. The van der Waals surface area contributed by atoms with Crippen LogP contribution in [0.5, 0.6) is 0 Å². The van der Waals surface area contributed by atoms with Gasteiger partial charge >= 0.3 is 0 Å². The van der Waals surface area contributed by atoms with Crippen LogP contribution in [-0.4, -0.2) is 24.2 Å². The van der Waals surface area contributed by atoms with Gasteiger partial charge < -0.3 is 15.7 Å². The van der Waals surface area contributed by atoms with Crippen molar-refractivity contribution >= 4 is 11.6 Å². The largest absolute Gasteiger partial charge is 0.396 e. The van der Waals surface area contributed by atoms with Gasteiger partial charge in [0.15, 0.2) is 0 Å². The molecule has 0 aliphatic carbocycles. The Hall–Kier alpha value is -1.39. The van der Waals surface area contributed by atoms with E-state index in [-0.39, 0.29) is 12.5 Å². The van der Waals surface area contributed by atoms with Crippen molar-refractivity contribution in [1.29, 1.82) is 0 Å². The fraction of sp³-hybridized carbons (Fsp3) is 0.462. The third-order valence-electron chi connectivity index (χ3n) is 3.13. The summed E-state index contributed by atoms with van der Waals surface area (Å²) in [6, 6.07) is 7.16. The highest BCUT2D eigenvalue weighted by atomic mass is 16.2. The molecule has 1 aliphatic rings. The summed E-state index contributed by atoms with van der Waals surface area (Å²) in [4.78, 5) is 13.7. The number of nitrogens with zero attached hydrogens (tertiary/aromatic N) is 1. The van der Waals surface area contributed by atoms with Crippen LogP contribution in [-0.2, 0) is 4.79 Å². The van der Waals surface area contributed by atoms with Crippen molar-refractivity contribution in [2.75, 3.05) is 18.1 Å². The van der Waals surface area contributed by atoms with E-state index in [1.165, 1.54) is 0 Å². The first-order valence-electron chi connectivity index (χ1n) is 6.02. The number of hydrogen-bond acceptors (Lipinski definition) is 3. The average Bonchev–Trinajstić information content (AvgIpc) is 2.60. The number of carbonyl (C=O) groups excluding carboxylic acids is 1. The van der Waals surface area contributed by atoms with E-state index in [1.54, 1.807) is 4.90 Å². The quantitative estimate of drug-likeness (QED) is 0.752. The summed E-state index contributed by atoms with van der Waals surface area (Å²) in [5.41, 5.74) is 7.73. The number of nitrogens with two attached hydrogens (primary N) is 1. The van der Waals surface area contributed by atoms with Crippen LogP contribution in [0.3, 0.4) is 0 Å². The fourth-order valence-corrected chi connectivity index (χ4v) is 2.21. The lowest BCUT2D eigenvalue weighted by molar-refractivity contribution is -0.119. The average molecular weight is 234 g/mol. The minimum Gasteiger partial charge on any atom is -0.396 e. The van der Waals surface area contributed by atoms with Crippen LogP contribution in [0.25, 0.3) is 0 Å². The molecule has 92 valence electrons. The van der Waals surface area contributed by atoms with E-state index in [4.69, 9.17) is 10.8 Å². The Morgan fingerprint density at radius 2 is 2.00 bits per heavy atom. The molecule has 0 saturated carbocycles. The fourth-order valence-electron chi connectivity index (χ4n) is 2.21. The number of unbranched alkanes of at least 4 members (excludes halogenated alkanes) is 2. The van der Waals surface area contributed by atoms with Crippen molar-refractivity contribution in [1.82, 2.24) is 0 Å². The van der Waals surface area contributed by atoms with Gasteiger partial charge in [-0.1, -0.05) is 18.2 Å². The van der Waals surface area contributed by atoms with Crippen molar-refractivity contribution in [2.45, 2.75) is 25.3 Å². The van der Waals surface area contributed by atoms with Gasteiger partial charge in [0.05, 0.1) is 0 Å². The summed E-state index contributed by atoms with van der Waals surface area (Å²) in [5.74, 6) is -0.0183. The van der Waals surface area contributed by atoms with Gasteiger partial charge in [-0.05, 0) is 25.3 Å². The molecule has 0 bridgehead atoms. The number of aliphatic hydroxyl groups is 1. The topological polar surface area (TPSA) is 66.6 Å². The van der Waals surface area contributed by atoms with E-state index in [9.17, 15) is 4.79 Å². The number of amides is 1. The first kappa shape index (κ1) is 12.1. The lowest BCUT2D eigenvalue weighted by Gasteiger charge is -2.17. The maximum Gasteiger partial charge on any atom is 0.248 e. The number of benzene rings is 1. The van der Waals surface area contributed by atoms with Gasteiger partial charge in [0.1, 0.15) is 6.04 Å². The highest BCUT2D eigenvalue weighted by molar-refractivity contribution is 6.04. The van der Waals surface area contributed by atoms with Crippen LogP contribution < -0.4 is 10.6 Å². The predicted molar refractivity (Wildman–Crippen MR) is 66.7 cm³/mol. The molecule has 1 aliphatic heterocycles. The lowest BCUT2D eigenvalue weighted by atomic mass is 10.1. The van der Waals surface area contributed by atoms with Crippen molar-refractivity contribution < 1.29 is 9.90 Å². The molecule has 17 heavy (non-hydrogen) atoms. The molecule has 1 atom stereocenters. The molecule has 0 radical (unpaired) electrons. The number of rotatable bonds is 5. The molecule has 0 spiro atoms. The molecule has 1 aromatic rings. The molecule has 1 heterocycles. The molecule has 0 fully saturated rings. The second-order valence-corrected chi connectivity index (χ2v) is 4.31. The zero-order valence-corrected chi connectivity index (χ0v) is 9.80. The zero-order valence-electron chi connectivity index (χ0n) is 9.80. The molecule has 1 unspecified atom stereocenters. The first-order chi connectivity index (χ1) is 8.25. The number of fused-ring (bicyclic) bond motifs is 1. The Kier molecular flexibility index (Phi) is 3.76. The normalized spacial score (nSPS) is 18.6. The molecule has 1 amide bonds. The van der Waals surface area contributed by atoms with Crippen molar-refractivity contribution in [3.8, 4) is 0 Å². The summed E-state index contributed by atoms with van der Waals surface area (Å²) >= 11 is 0. The van der Waals surface area contributed by atoms with Crippen LogP contribution in [0, 0.1) is 0 Å². The smallest absolute Gasteiger partial charge is 0.248 e. The maximum absolute atomic E-state index is 12.0. The molecule has 2 rings (SSSR count). The Morgan fingerprint density at radius 1 is 1.24 bits per heavy atom. The van der Waals surface area contributed by atoms with Crippen LogP contribution in [0.2, 0.25) is 0 Å². The number of carbonyl (C=O) groups is 1. The van der Waals surface area contributed by atoms with Gasteiger partial charge in [0, 0.05) is 24.4 Å². The number of hydrogen-bond donors (Lipinski definition) is 2. The van der Waals surface area contributed by atoms with Crippen LogP contribution in [0.4, 0.5) is 5.69 Å². The molecule has 0 aromatic heterocycles. The zero-order chi connectivity index (χ0) is 12.3. The summed E-state index contributed by atoms with van der Waals surface area (Å²) in [5, 5.41) is 8.71.